The van der Waals surface area contributed by atoms with Crippen molar-refractivity contribution in [3.63, 3.8) is 0 Å². The minimum absolute atomic E-state index is 0.0511. The van der Waals surface area contributed by atoms with E-state index < -0.39 is 0 Å². The maximum Gasteiger partial charge on any atom is 0.226 e. The zero-order valence-electron chi connectivity index (χ0n) is 13.2. The molecule has 0 fully saturated rings. The van der Waals surface area contributed by atoms with Crippen LogP contribution in [-0.2, 0) is 16.0 Å². The molecule has 5 nitrogen and oxygen atoms in total. The second-order valence-electron chi connectivity index (χ2n) is 5.46. The number of thiazole rings is 1. The first-order chi connectivity index (χ1) is 11.0. The lowest BCUT2D eigenvalue weighted by atomic mass is 10.2. The van der Waals surface area contributed by atoms with Crippen molar-refractivity contribution in [3.8, 4) is 10.6 Å². The molecule has 0 saturated heterocycles. The van der Waals surface area contributed by atoms with E-state index in [1.165, 1.54) is 5.56 Å². The molecule has 1 aromatic carbocycles. The minimum atomic E-state index is -0.303. The zero-order valence-corrected chi connectivity index (χ0v) is 14.0. The van der Waals surface area contributed by atoms with Gasteiger partial charge in [-0.25, -0.2) is 4.98 Å². The second kappa shape index (κ2) is 8.43. The van der Waals surface area contributed by atoms with Crippen LogP contribution in [-0.4, -0.2) is 23.3 Å². The number of rotatable bonds is 8. The van der Waals surface area contributed by atoms with Crippen LogP contribution in [0.15, 0.2) is 29.6 Å². The first-order valence-electron chi connectivity index (χ1n) is 7.61. The molecule has 2 rings (SSSR count). The molecule has 0 unspecified atom stereocenters. The molecule has 0 saturated carbocycles. The Hall–Kier alpha value is -2.21. The molecule has 2 aromatic rings. The molecule has 1 aromatic heterocycles. The van der Waals surface area contributed by atoms with Gasteiger partial charge in [-0.3, -0.25) is 9.59 Å². The van der Waals surface area contributed by atoms with Crippen molar-refractivity contribution >= 4 is 23.2 Å². The monoisotopic (exact) mass is 331 g/mol. The third kappa shape index (κ3) is 5.83. The predicted octanol–water partition coefficient (Wildman–Crippen LogP) is 2.43. The highest BCUT2D eigenvalue weighted by Crippen LogP contribution is 2.24. The lowest BCUT2D eigenvalue weighted by Crippen LogP contribution is -2.26. The number of carbonyl (C=O) groups is 2. The van der Waals surface area contributed by atoms with Crippen molar-refractivity contribution in [2.75, 3.05) is 6.54 Å². The van der Waals surface area contributed by atoms with Gasteiger partial charge in [0.15, 0.2) is 0 Å². The summed E-state index contributed by atoms with van der Waals surface area (Å²) in [5, 5.41) is 5.68. The number of benzene rings is 1. The van der Waals surface area contributed by atoms with E-state index in [2.05, 4.69) is 22.4 Å². The van der Waals surface area contributed by atoms with Gasteiger partial charge >= 0.3 is 0 Å². The van der Waals surface area contributed by atoms with E-state index in [0.29, 0.717) is 19.4 Å². The van der Waals surface area contributed by atoms with Crippen LogP contribution in [0.25, 0.3) is 10.6 Å². The molecule has 3 N–H and O–H groups in total. The van der Waals surface area contributed by atoms with Crippen LogP contribution in [0.1, 0.15) is 30.5 Å². The largest absolute Gasteiger partial charge is 0.370 e. The molecule has 0 aliphatic carbocycles. The van der Waals surface area contributed by atoms with E-state index in [0.717, 1.165) is 22.7 Å². The van der Waals surface area contributed by atoms with Gasteiger partial charge in [-0.15, -0.1) is 11.3 Å². The highest BCUT2D eigenvalue weighted by molar-refractivity contribution is 7.13. The van der Waals surface area contributed by atoms with Gasteiger partial charge in [0, 0.05) is 23.9 Å². The van der Waals surface area contributed by atoms with Crippen LogP contribution < -0.4 is 11.1 Å². The molecule has 0 aliphatic heterocycles. The SMILES string of the molecule is Cc1ccc(-c2nc(CC(=O)NCCCCC(N)=O)cs2)cc1. The Morgan fingerprint density at radius 1 is 1.22 bits per heavy atom. The van der Waals surface area contributed by atoms with Crippen LogP contribution in [0, 0.1) is 6.92 Å². The van der Waals surface area contributed by atoms with E-state index in [1.54, 1.807) is 11.3 Å². The quantitative estimate of drug-likeness (QED) is 0.729. The Labute approximate surface area is 139 Å². The highest BCUT2D eigenvalue weighted by Gasteiger charge is 2.08. The average Bonchev–Trinajstić information content (AvgIpc) is 2.95. The fourth-order valence-corrected chi connectivity index (χ4v) is 2.92. The molecule has 0 aliphatic rings. The summed E-state index contributed by atoms with van der Waals surface area (Å²) >= 11 is 1.54. The third-order valence-corrected chi connectivity index (χ3v) is 4.30. The topological polar surface area (TPSA) is 85.1 Å². The molecule has 0 spiro atoms. The van der Waals surface area contributed by atoms with Gasteiger partial charge in [0.2, 0.25) is 11.8 Å². The van der Waals surface area contributed by atoms with Gasteiger partial charge in [0.1, 0.15) is 5.01 Å². The summed E-state index contributed by atoms with van der Waals surface area (Å²) in [5.74, 6) is -0.354. The number of nitrogens with one attached hydrogen (secondary N) is 1. The van der Waals surface area contributed by atoms with Crippen molar-refractivity contribution in [2.24, 2.45) is 5.73 Å². The van der Waals surface area contributed by atoms with Crippen molar-refractivity contribution < 1.29 is 9.59 Å². The first kappa shape index (κ1) is 17.1. The van der Waals surface area contributed by atoms with Gasteiger partial charge in [-0.05, 0) is 19.8 Å². The maximum absolute atomic E-state index is 11.9. The van der Waals surface area contributed by atoms with E-state index in [1.807, 2.05) is 24.4 Å². The number of nitrogens with zero attached hydrogens (tertiary/aromatic N) is 1. The predicted molar refractivity (Wildman–Crippen MR) is 92.0 cm³/mol. The Balaban J connectivity index is 1.78. The Kier molecular flexibility index (Phi) is 6.29. The second-order valence-corrected chi connectivity index (χ2v) is 6.32. The number of nitrogens with two attached hydrogens (primary N) is 1. The molecule has 1 heterocycles. The Bertz CT molecular complexity index is 665. The minimum Gasteiger partial charge on any atom is -0.370 e. The van der Waals surface area contributed by atoms with Crippen molar-refractivity contribution in [2.45, 2.75) is 32.6 Å². The summed E-state index contributed by atoms with van der Waals surface area (Å²) in [4.78, 5) is 27.0. The van der Waals surface area contributed by atoms with Crippen molar-refractivity contribution in [1.82, 2.24) is 10.3 Å². The van der Waals surface area contributed by atoms with Crippen molar-refractivity contribution in [3.05, 3.63) is 40.9 Å². The number of primary amides is 1. The molecule has 0 radical (unpaired) electrons. The zero-order chi connectivity index (χ0) is 16.7. The fraction of sp³-hybridized carbons (Fsp3) is 0.353. The van der Waals surface area contributed by atoms with Crippen LogP contribution in [0.2, 0.25) is 0 Å². The number of carbonyl (C=O) groups excluding carboxylic acids is 2. The van der Waals surface area contributed by atoms with Crippen molar-refractivity contribution in [1.29, 1.82) is 0 Å². The summed E-state index contributed by atoms with van der Waals surface area (Å²) in [6.45, 7) is 2.60. The summed E-state index contributed by atoms with van der Waals surface area (Å²) in [7, 11) is 0. The van der Waals surface area contributed by atoms with Gasteiger partial charge < -0.3 is 11.1 Å². The third-order valence-electron chi connectivity index (χ3n) is 3.36. The lowest BCUT2D eigenvalue weighted by Gasteiger charge is -2.03. The van der Waals surface area contributed by atoms with E-state index >= 15 is 0 Å². The van der Waals surface area contributed by atoms with Crippen LogP contribution in [0.5, 0.6) is 0 Å². The van der Waals surface area contributed by atoms with Gasteiger partial charge in [0.25, 0.3) is 0 Å². The molecule has 122 valence electrons. The molecular formula is C17H21N3O2S. The highest BCUT2D eigenvalue weighted by atomic mass is 32.1. The van der Waals surface area contributed by atoms with E-state index in [-0.39, 0.29) is 18.2 Å². The number of hydrogen-bond acceptors (Lipinski definition) is 4. The standard InChI is InChI=1S/C17H21N3O2S/c1-12-5-7-13(8-6-12)17-20-14(11-23-17)10-16(22)19-9-3-2-4-15(18)21/h5-8,11H,2-4,9-10H2,1H3,(H2,18,21)(H,19,22). The van der Waals surface area contributed by atoms with E-state index in [4.69, 9.17) is 5.73 Å². The normalized spacial score (nSPS) is 10.5. The molecule has 0 bridgehead atoms. The first-order valence-corrected chi connectivity index (χ1v) is 8.49. The van der Waals surface area contributed by atoms with Gasteiger partial charge in [-0.1, -0.05) is 29.8 Å². The number of hydrogen-bond donors (Lipinski definition) is 2. The van der Waals surface area contributed by atoms with Crippen LogP contribution >= 0.6 is 11.3 Å². The Morgan fingerprint density at radius 2 is 1.96 bits per heavy atom. The lowest BCUT2D eigenvalue weighted by molar-refractivity contribution is -0.120. The average molecular weight is 331 g/mol. The van der Waals surface area contributed by atoms with Crippen LogP contribution in [0.3, 0.4) is 0 Å². The molecule has 2 amide bonds. The fourth-order valence-electron chi connectivity index (χ4n) is 2.10. The van der Waals surface area contributed by atoms with Gasteiger partial charge in [0.05, 0.1) is 12.1 Å². The number of unbranched alkanes of at least 4 members (excludes halogenated alkanes) is 1. The smallest absolute Gasteiger partial charge is 0.226 e. The molecule has 6 heteroatoms. The molecular weight excluding hydrogens is 310 g/mol. The number of aryl methyl sites for hydroxylation is 1. The Morgan fingerprint density at radius 3 is 2.65 bits per heavy atom. The summed E-state index contributed by atoms with van der Waals surface area (Å²) in [5.41, 5.74) is 8.12. The van der Waals surface area contributed by atoms with E-state index in [9.17, 15) is 9.59 Å². The molecule has 23 heavy (non-hydrogen) atoms. The summed E-state index contributed by atoms with van der Waals surface area (Å²) in [6, 6.07) is 8.18. The summed E-state index contributed by atoms with van der Waals surface area (Å²) < 4.78 is 0. The number of amides is 2. The van der Waals surface area contributed by atoms with Gasteiger partial charge in [-0.2, -0.15) is 0 Å². The summed E-state index contributed by atoms with van der Waals surface area (Å²) in [6.07, 6.45) is 2.09. The van der Waals surface area contributed by atoms with Crippen LogP contribution in [0.4, 0.5) is 0 Å². The maximum atomic E-state index is 11.9. The molecule has 0 atom stereocenters. The number of aromatic nitrogens is 1.